The van der Waals surface area contributed by atoms with E-state index in [1.54, 1.807) is 11.3 Å². The van der Waals surface area contributed by atoms with Crippen molar-refractivity contribution in [3.05, 3.63) is 50.1 Å². The molecule has 0 saturated carbocycles. The van der Waals surface area contributed by atoms with Crippen LogP contribution in [0.25, 0.3) is 0 Å². The lowest BCUT2D eigenvalue weighted by Gasteiger charge is -2.13. The Morgan fingerprint density at radius 1 is 1.37 bits per heavy atom. The molecule has 1 aromatic carbocycles. The van der Waals surface area contributed by atoms with Gasteiger partial charge in [0.2, 0.25) is 0 Å². The molecule has 0 bridgehead atoms. The lowest BCUT2D eigenvalue weighted by molar-refractivity contribution is 0.223. The molecular weight excluding hydrogens is 324 g/mol. The van der Waals surface area contributed by atoms with Crippen LogP contribution in [0.3, 0.4) is 0 Å². The van der Waals surface area contributed by atoms with E-state index in [4.69, 9.17) is 4.74 Å². The smallest absolute Gasteiger partial charge is 0.133 e. The third kappa shape index (κ3) is 3.38. The summed E-state index contributed by atoms with van der Waals surface area (Å²) in [4.78, 5) is 0.995. The standard InChI is InChI=1S/C15H17BrO2S/c1-3-7-18-13-5-4-11(9-12(13)16)14(17)15-10(2)6-8-19-15/h4-6,8-9,14,17H,3,7H2,1-2H3. The Morgan fingerprint density at radius 3 is 2.74 bits per heavy atom. The van der Waals surface area contributed by atoms with Gasteiger partial charge in [0, 0.05) is 4.88 Å². The highest BCUT2D eigenvalue weighted by molar-refractivity contribution is 9.10. The molecule has 0 aliphatic carbocycles. The highest BCUT2D eigenvalue weighted by atomic mass is 79.9. The molecule has 2 nitrogen and oxygen atoms in total. The molecular formula is C15H17BrO2S. The Labute approximate surface area is 126 Å². The van der Waals surface area contributed by atoms with Crippen LogP contribution in [-0.2, 0) is 0 Å². The molecule has 1 heterocycles. The lowest BCUT2D eigenvalue weighted by atomic mass is 10.1. The molecule has 19 heavy (non-hydrogen) atoms. The van der Waals surface area contributed by atoms with Crippen LogP contribution in [0.1, 0.15) is 35.5 Å². The summed E-state index contributed by atoms with van der Waals surface area (Å²) < 4.78 is 6.49. The second-order valence-corrected chi connectivity index (χ2v) is 6.21. The highest BCUT2D eigenvalue weighted by Crippen LogP contribution is 2.33. The molecule has 1 aromatic heterocycles. The predicted molar refractivity (Wildman–Crippen MR) is 83.0 cm³/mol. The number of ether oxygens (including phenoxy) is 1. The van der Waals surface area contributed by atoms with Crippen molar-refractivity contribution in [3.63, 3.8) is 0 Å². The third-order valence-electron chi connectivity index (χ3n) is 2.88. The van der Waals surface area contributed by atoms with E-state index in [0.717, 1.165) is 32.6 Å². The summed E-state index contributed by atoms with van der Waals surface area (Å²) in [6.07, 6.45) is 0.405. The quantitative estimate of drug-likeness (QED) is 0.855. The Balaban J connectivity index is 2.22. The van der Waals surface area contributed by atoms with Gasteiger partial charge in [0.25, 0.3) is 0 Å². The van der Waals surface area contributed by atoms with Crippen molar-refractivity contribution < 1.29 is 9.84 Å². The lowest BCUT2D eigenvalue weighted by Crippen LogP contribution is -2.00. The zero-order chi connectivity index (χ0) is 13.8. The fourth-order valence-corrected chi connectivity index (χ4v) is 3.28. The number of hydrogen-bond acceptors (Lipinski definition) is 3. The molecule has 0 aliphatic heterocycles. The predicted octanol–water partition coefficient (Wildman–Crippen LogP) is 4.69. The second-order valence-electron chi connectivity index (χ2n) is 4.41. The summed E-state index contributed by atoms with van der Waals surface area (Å²) in [5.41, 5.74) is 2.00. The van der Waals surface area contributed by atoms with Crippen LogP contribution in [0.5, 0.6) is 5.75 Å². The molecule has 1 unspecified atom stereocenters. The summed E-state index contributed by atoms with van der Waals surface area (Å²) >= 11 is 5.07. The molecule has 1 atom stereocenters. The molecule has 2 rings (SSSR count). The van der Waals surface area contributed by atoms with E-state index in [1.807, 2.05) is 36.6 Å². The molecule has 0 amide bonds. The van der Waals surface area contributed by atoms with Crippen LogP contribution in [0.4, 0.5) is 0 Å². The van der Waals surface area contributed by atoms with Gasteiger partial charge in [-0.2, -0.15) is 0 Å². The molecule has 2 aromatic rings. The molecule has 0 fully saturated rings. The summed E-state index contributed by atoms with van der Waals surface area (Å²) in [6.45, 7) is 4.79. The molecule has 0 radical (unpaired) electrons. The minimum atomic E-state index is -0.573. The van der Waals surface area contributed by atoms with Crippen molar-refractivity contribution in [1.29, 1.82) is 0 Å². The van der Waals surface area contributed by atoms with E-state index in [0.29, 0.717) is 6.61 Å². The van der Waals surface area contributed by atoms with E-state index in [1.165, 1.54) is 0 Å². The van der Waals surface area contributed by atoms with Gasteiger partial charge in [-0.3, -0.25) is 0 Å². The van der Waals surface area contributed by atoms with Gasteiger partial charge in [-0.15, -0.1) is 11.3 Å². The monoisotopic (exact) mass is 340 g/mol. The molecule has 4 heteroatoms. The topological polar surface area (TPSA) is 29.5 Å². The van der Waals surface area contributed by atoms with Crippen LogP contribution < -0.4 is 4.74 Å². The van der Waals surface area contributed by atoms with Crippen LogP contribution in [0, 0.1) is 6.92 Å². The van der Waals surface area contributed by atoms with Crippen molar-refractivity contribution in [3.8, 4) is 5.75 Å². The van der Waals surface area contributed by atoms with Gasteiger partial charge in [0.05, 0.1) is 11.1 Å². The number of hydrogen-bond donors (Lipinski definition) is 1. The van der Waals surface area contributed by atoms with Gasteiger partial charge in [-0.25, -0.2) is 0 Å². The first-order valence-corrected chi connectivity index (χ1v) is 7.95. The van der Waals surface area contributed by atoms with E-state index in [9.17, 15) is 5.11 Å². The summed E-state index contributed by atoms with van der Waals surface area (Å²) in [5.74, 6) is 0.820. The number of aliphatic hydroxyl groups excluding tert-OH is 1. The maximum Gasteiger partial charge on any atom is 0.133 e. The van der Waals surface area contributed by atoms with Gasteiger partial charge in [-0.05, 0) is 64.0 Å². The molecule has 1 N–H and O–H groups in total. The van der Waals surface area contributed by atoms with Crippen LogP contribution in [0.15, 0.2) is 34.1 Å². The van der Waals surface area contributed by atoms with Gasteiger partial charge in [0.1, 0.15) is 11.9 Å². The van der Waals surface area contributed by atoms with Crippen LogP contribution in [-0.4, -0.2) is 11.7 Å². The van der Waals surface area contributed by atoms with E-state index in [2.05, 4.69) is 22.9 Å². The number of aliphatic hydroxyl groups is 1. The average molecular weight is 341 g/mol. The average Bonchev–Trinajstić information content (AvgIpc) is 2.82. The Hall–Kier alpha value is -0.840. The highest BCUT2D eigenvalue weighted by Gasteiger charge is 2.15. The summed E-state index contributed by atoms with van der Waals surface area (Å²) in [5, 5.41) is 12.4. The Bertz CT molecular complexity index is 551. The van der Waals surface area contributed by atoms with Gasteiger partial charge >= 0.3 is 0 Å². The SMILES string of the molecule is CCCOc1ccc(C(O)c2sccc2C)cc1Br. The van der Waals surface area contributed by atoms with Gasteiger partial charge < -0.3 is 9.84 Å². The Kier molecular flexibility index (Phi) is 5.02. The number of halogens is 1. The normalized spacial score (nSPS) is 12.4. The van der Waals surface area contributed by atoms with Crippen molar-refractivity contribution in [1.82, 2.24) is 0 Å². The first-order valence-electron chi connectivity index (χ1n) is 6.27. The number of benzene rings is 1. The molecule has 0 saturated heterocycles. The van der Waals surface area contributed by atoms with Crippen molar-refractivity contribution in [2.45, 2.75) is 26.4 Å². The maximum absolute atomic E-state index is 10.4. The maximum atomic E-state index is 10.4. The summed E-state index contributed by atoms with van der Waals surface area (Å²) in [7, 11) is 0. The first kappa shape index (κ1) is 14.6. The van der Waals surface area contributed by atoms with Crippen molar-refractivity contribution >= 4 is 27.3 Å². The number of rotatable bonds is 5. The number of aryl methyl sites for hydroxylation is 1. The fraction of sp³-hybridized carbons (Fsp3) is 0.333. The molecule has 0 aliphatic rings. The van der Waals surface area contributed by atoms with E-state index >= 15 is 0 Å². The summed E-state index contributed by atoms with van der Waals surface area (Å²) in [6, 6.07) is 7.77. The van der Waals surface area contributed by atoms with Gasteiger partial charge in [-0.1, -0.05) is 13.0 Å². The Morgan fingerprint density at radius 2 is 2.16 bits per heavy atom. The van der Waals surface area contributed by atoms with Crippen LogP contribution >= 0.6 is 27.3 Å². The second kappa shape index (κ2) is 6.55. The minimum Gasteiger partial charge on any atom is -0.492 e. The fourth-order valence-electron chi connectivity index (χ4n) is 1.83. The largest absolute Gasteiger partial charge is 0.492 e. The van der Waals surface area contributed by atoms with Crippen molar-refractivity contribution in [2.24, 2.45) is 0 Å². The number of thiophene rings is 1. The van der Waals surface area contributed by atoms with E-state index < -0.39 is 6.10 Å². The third-order valence-corrected chi connectivity index (χ3v) is 4.57. The minimum absolute atomic E-state index is 0.573. The molecule has 102 valence electrons. The first-order chi connectivity index (χ1) is 9.13. The molecule has 0 spiro atoms. The zero-order valence-corrected chi connectivity index (χ0v) is 13.4. The van der Waals surface area contributed by atoms with E-state index in [-0.39, 0.29) is 0 Å². The van der Waals surface area contributed by atoms with Crippen LogP contribution in [0.2, 0.25) is 0 Å². The van der Waals surface area contributed by atoms with Crippen molar-refractivity contribution in [2.75, 3.05) is 6.61 Å². The zero-order valence-electron chi connectivity index (χ0n) is 11.0. The van der Waals surface area contributed by atoms with Gasteiger partial charge in [0.15, 0.2) is 0 Å².